The summed E-state index contributed by atoms with van der Waals surface area (Å²) in [5.41, 5.74) is 1.00. The summed E-state index contributed by atoms with van der Waals surface area (Å²) in [7, 11) is -2.18. The maximum Gasteiger partial charge on any atom is 0.264 e. The minimum absolute atomic E-state index is 0.236. The van der Waals surface area contributed by atoms with Crippen LogP contribution in [0, 0.1) is 6.92 Å². The van der Waals surface area contributed by atoms with E-state index in [1.165, 1.54) is 22.7 Å². The van der Waals surface area contributed by atoms with Gasteiger partial charge in [-0.1, -0.05) is 108 Å². The van der Waals surface area contributed by atoms with Crippen LogP contribution in [-0.4, -0.2) is 19.8 Å². The molecular weight excluding hydrogens is 437 g/mol. The summed E-state index contributed by atoms with van der Waals surface area (Å²) in [4.78, 5) is 0.236. The Morgan fingerprint density at radius 2 is 1.34 bits per heavy atom. The van der Waals surface area contributed by atoms with E-state index >= 15 is 0 Å². The molecule has 150 valence electrons. The average molecular weight is 460 g/mol. The SMILES string of the molecule is C=C(SP(=S)(c1ccccc1)c1ccccc1)N(C)S(=O)(=O)c1ccc(C)cc1. The number of benzene rings is 3. The molecule has 0 saturated carbocycles. The second-order valence-corrected chi connectivity index (χ2v) is 15.8. The van der Waals surface area contributed by atoms with Crippen molar-refractivity contribution in [3.63, 3.8) is 0 Å². The lowest BCUT2D eigenvalue weighted by molar-refractivity contribution is 0.536. The first-order valence-electron chi connectivity index (χ1n) is 8.90. The van der Waals surface area contributed by atoms with Crippen molar-refractivity contribution in [3.05, 3.63) is 102 Å². The van der Waals surface area contributed by atoms with E-state index in [4.69, 9.17) is 11.8 Å². The zero-order valence-corrected chi connectivity index (χ0v) is 19.6. The predicted octanol–water partition coefficient (Wildman–Crippen LogP) is 4.87. The summed E-state index contributed by atoms with van der Waals surface area (Å²) in [6, 6.07) is 26.5. The van der Waals surface area contributed by atoms with E-state index in [1.807, 2.05) is 67.6 Å². The van der Waals surface area contributed by atoms with E-state index in [2.05, 4.69) is 6.58 Å². The van der Waals surface area contributed by atoms with Gasteiger partial charge in [0.15, 0.2) is 0 Å². The Balaban J connectivity index is 1.97. The Hall–Kier alpha value is -1.85. The number of rotatable bonds is 7. The van der Waals surface area contributed by atoms with E-state index in [0.29, 0.717) is 5.03 Å². The zero-order valence-electron chi connectivity index (χ0n) is 16.2. The number of nitrogens with zero attached hydrogens (tertiary/aromatic N) is 1. The van der Waals surface area contributed by atoms with Crippen molar-refractivity contribution < 1.29 is 8.42 Å². The number of sulfonamides is 1. The van der Waals surface area contributed by atoms with Crippen molar-refractivity contribution in [2.75, 3.05) is 7.05 Å². The molecule has 0 radical (unpaired) electrons. The molecule has 0 unspecified atom stereocenters. The van der Waals surface area contributed by atoms with Gasteiger partial charge in [-0.25, -0.2) is 8.42 Å². The fourth-order valence-electron chi connectivity index (χ4n) is 2.71. The van der Waals surface area contributed by atoms with Crippen LogP contribution in [0.5, 0.6) is 0 Å². The molecule has 0 spiro atoms. The lowest BCUT2D eigenvalue weighted by atomic mass is 10.2. The summed E-state index contributed by atoms with van der Waals surface area (Å²) >= 11 is 7.54. The van der Waals surface area contributed by atoms with E-state index in [0.717, 1.165) is 16.2 Å². The molecule has 0 aliphatic heterocycles. The van der Waals surface area contributed by atoms with E-state index in [9.17, 15) is 8.42 Å². The first-order valence-corrected chi connectivity index (χ1v) is 14.6. The molecule has 3 nitrogen and oxygen atoms in total. The normalized spacial score (nSPS) is 11.8. The molecule has 0 aliphatic rings. The topological polar surface area (TPSA) is 37.4 Å². The van der Waals surface area contributed by atoms with Crippen molar-refractivity contribution in [2.45, 2.75) is 11.8 Å². The van der Waals surface area contributed by atoms with Gasteiger partial charge in [0, 0.05) is 7.05 Å². The van der Waals surface area contributed by atoms with Crippen molar-refractivity contribution in [1.82, 2.24) is 4.31 Å². The van der Waals surface area contributed by atoms with Crippen molar-refractivity contribution in [1.29, 1.82) is 0 Å². The lowest BCUT2D eigenvalue weighted by Crippen LogP contribution is -2.25. The van der Waals surface area contributed by atoms with Gasteiger partial charge in [0.2, 0.25) is 0 Å². The summed E-state index contributed by atoms with van der Waals surface area (Å²) < 4.78 is 27.4. The molecule has 7 heteroatoms. The highest BCUT2D eigenvalue weighted by atomic mass is 32.9. The van der Waals surface area contributed by atoms with Crippen LogP contribution in [0.1, 0.15) is 5.56 Å². The third-order valence-electron chi connectivity index (χ3n) is 4.46. The predicted molar refractivity (Wildman–Crippen MR) is 129 cm³/mol. The van der Waals surface area contributed by atoms with E-state index < -0.39 is 15.3 Å². The fourth-order valence-corrected chi connectivity index (χ4v) is 10.5. The molecule has 0 amide bonds. The van der Waals surface area contributed by atoms with Crippen LogP contribution in [0.15, 0.2) is 101 Å². The van der Waals surface area contributed by atoms with Crippen molar-refractivity contribution in [2.24, 2.45) is 0 Å². The molecule has 0 N–H and O–H groups in total. The van der Waals surface area contributed by atoms with Crippen molar-refractivity contribution >= 4 is 49.1 Å². The summed E-state index contributed by atoms with van der Waals surface area (Å²) in [5, 5.41) is 0.0613. The van der Waals surface area contributed by atoms with Gasteiger partial charge < -0.3 is 0 Å². The first kappa shape index (κ1) is 21.8. The molecule has 3 aromatic carbocycles. The molecule has 3 aromatic rings. The van der Waals surface area contributed by atoms with Crippen LogP contribution in [0.2, 0.25) is 0 Å². The Labute approximate surface area is 182 Å². The van der Waals surface area contributed by atoms with Gasteiger partial charge in [-0.15, -0.1) is 0 Å². The second-order valence-electron chi connectivity index (χ2n) is 6.49. The third kappa shape index (κ3) is 4.67. The summed E-state index contributed by atoms with van der Waals surface area (Å²) in [5.74, 6) is 0. The second kappa shape index (κ2) is 8.88. The quantitative estimate of drug-likeness (QED) is 0.473. The van der Waals surface area contributed by atoms with Crippen LogP contribution in [0.25, 0.3) is 0 Å². The van der Waals surface area contributed by atoms with Crippen LogP contribution >= 0.6 is 16.6 Å². The monoisotopic (exact) mass is 459 g/mol. The van der Waals surface area contributed by atoms with E-state index in [-0.39, 0.29) is 4.90 Å². The van der Waals surface area contributed by atoms with Gasteiger partial charge in [0.1, 0.15) is 0 Å². The standard InChI is InChI=1S/C22H22NO2PS3/c1-18-14-16-22(17-15-18)29(24,25)23(3)19(2)28-26(27,20-10-6-4-7-11-20)21-12-8-5-9-13-21/h4-17H,2H2,1,3H3. The molecule has 3 rings (SSSR count). The van der Waals surface area contributed by atoms with Gasteiger partial charge in [0.25, 0.3) is 10.0 Å². The largest absolute Gasteiger partial charge is 0.264 e. The Morgan fingerprint density at radius 1 is 0.897 bits per heavy atom. The Kier molecular flexibility index (Phi) is 6.69. The molecule has 0 fully saturated rings. The van der Waals surface area contributed by atoms with Gasteiger partial charge in [-0.05, 0) is 29.7 Å². The van der Waals surface area contributed by atoms with Crippen LogP contribution < -0.4 is 10.6 Å². The average Bonchev–Trinajstić information content (AvgIpc) is 2.74. The molecule has 0 bridgehead atoms. The number of hydrogen-bond acceptors (Lipinski definition) is 4. The minimum Gasteiger partial charge on any atom is -0.264 e. The van der Waals surface area contributed by atoms with Crippen LogP contribution in [-0.2, 0) is 21.8 Å². The zero-order chi connectivity index (χ0) is 21.1. The van der Waals surface area contributed by atoms with Gasteiger partial charge in [-0.3, -0.25) is 4.31 Å². The maximum atomic E-state index is 13.1. The van der Waals surface area contributed by atoms with Gasteiger partial charge >= 0.3 is 0 Å². The smallest absolute Gasteiger partial charge is 0.264 e. The fraction of sp³-hybridized carbons (Fsp3) is 0.0909. The Morgan fingerprint density at radius 3 is 1.79 bits per heavy atom. The van der Waals surface area contributed by atoms with Crippen LogP contribution in [0.3, 0.4) is 0 Å². The highest BCUT2D eigenvalue weighted by Gasteiger charge is 2.29. The molecule has 0 heterocycles. The maximum absolute atomic E-state index is 13.1. The lowest BCUT2D eigenvalue weighted by Gasteiger charge is -2.28. The number of aryl methyl sites for hydroxylation is 1. The van der Waals surface area contributed by atoms with Gasteiger partial charge in [0.05, 0.1) is 15.2 Å². The summed E-state index contributed by atoms with van der Waals surface area (Å²) in [6.07, 6.45) is 0. The molecule has 29 heavy (non-hydrogen) atoms. The highest BCUT2D eigenvalue weighted by molar-refractivity contribution is 8.76. The molecule has 0 saturated heterocycles. The molecule has 0 aromatic heterocycles. The molecule has 0 atom stereocenters. The third-order valence-corrected chi connectivity index (χ3v) is 13.7. The van der Waals surface area contributed by atoms with Gasteiger partial charge in [-0.2, -0.15) is 0 Å². The first-order chi connectivity index (χ1) is 13.7. The molecule has 0 aliphatic carbocycles. The Bertz CT molecular complexity index is 1100. The number of hydrogen-bond donors (Lipinski definition) is 0. The summed E-state index contributed by atoms with van der Waals surface area (Å²) in [6.45, 7) is 5.99. The molecular formula is C22H22NO2PS3. The van der Waals surface area contributed by atoms with Crippen LogP contribution in [0.4, 0.5) is 0 Å². The highest BCUT2D eigenvalue weighted by Crippen LogP contribution is 2.60. The van der Waals surface area contributed by atoms with Crippen molar-refractivity contribution in [3.8, 4) is 0 Å². The minimum atomic E-state index is -3.71. The van der Waals surface area contributed by atoms with E-state index in [1.54, 1.807) is 24.3 Å².